The predicted molar refractivity (Wildman–Crippen MR) is 34.6 cm³/mol. The van der Waals surface area contributed by atoms with Crippen molar-refractivity contribution in [3.8, 4) is 0 Å². The quantitative estimate of drug-likeness (QED) is 0.288. The number of carboxylic acids is 1. The monoisotopic (exact) mass is 208 g/mol. The molecule has 0 aromatic rings. The third kappa shape index (κ3) is 47.9. The van der Waals surface area contributed by atoms with Crippen molar-refractivity contribution in [2.45, 2.75) is 13.8 Å². The fourth-order valence-corrected chi connectivity index (χ4v) is 0.433. The summed E-state index contributed by atoms with van der Waals surface area (Å²) in [6, 6.07) is 0. The van der Waals surface area contributed by atoms with Crippen LogP contribution in [0, 0.1) is 0 Å². The number of aliphatic carboxylic acids is 1. The van der Waals surface area contributed by atoms with Crippen molar-refractivity contribution < 1.29 is 56.6 Å². The van der Waals surface area contributed by atoms with Gasteiger partial charge in [-0.2, -0.15) is 0 Å². The molecule has 0 unspecified atom stereocenters. The van der Waals surface area contributed by atoms with Crippen LogP contribution < -0.4 is 29.6 Å². The molecule has 0 saturated carbocycles. The second-order valence-electron chi connectivity index (χ2n) is 1.33. The number of rotatable bonds is 2. The largest absolute Gasteiger partial charge is 1.00 e. The van der Waals surface area contributed by atoms with Crippen LogP contribution in [0.15, 0.2) is 0 Å². The van der Waals surface area contributed by atoms with E-state index in [0.29, 0.717) is 0 Å². The Hall–Kier alpha value is 0.340. The first-order valence-electron chi connectivity index (χ1n) is 2.59. The summed E-state index contributed by atoms with van der Waals surface area (Å²) in [5.41, 5.74) is 0. The van der Waals surface area contributed by atoms with Gasteiger partial charge in [0.1, 0.15) is 0 Å². The fraction of sp³-hybridized carbons (Fsp3) is 0.750. The predicted octanol–water partition coefficient (Wildman–Crippen LogP) is -3.42. The Bertz CT molecular complexity index is 194. The maximum Gasteiger partial charge on any atom is 1.00 e. The Morgan fingerprint density at radius 1 is 1.58 bits per heavy atom. The standard InChI is InChI=1S/C2H6O4S.C2H4O2.Na/c1-2-6-7(3,4)5;1-2(3)4;/h2H2,1H3,(H,3,4,5);1H3,(H,3,4);/q;;+1/p-1. The summed E-state index contributed by atoms with van der Waals surface area (Å²) >= 11 is 0. The van der Waals surface area contributed by atoms with Crippen molar-refractivity contribution in [2.75, 3.05) is 6.61 Å². The summed E-state index contributed by atoms with van der Waals surface area (Å²) in [4.78, 5) is 9.00. The van der Waals surface area contributed by atoms with Gasteiger partial charge in [-0.1, -0.05) is 0 Å². The van der Waals surface area contributed by atoms with Gasteiger partial charge in [-0.3, -0.25) is 8.98 Å². The minimum Gasteiger partial charge on any atom is -0.726 e. The molecule has 0 radical (unpaired) electrons. The van der Waals surface area contributed by atoms with E-state index in [0.717, 1.165) is 6.92 Å². The third-order valence-corrected chi connectivity index (χ3v) is 0.787. The molecular formula is C4H9NaO6S. The molecule has 0 aliphatic carbocycles. The molecule has 0 bridgehead atoms. The van der Waals surface area contributed by atoms with Gasteiger partial charge in [0, 0.05) is 6.92 Å². The summed E-state index contributed by atoms with van der Waals surface area (Å²) in [5.74, 6) is -0.833. The van der Waals surface area contributed by atoms with E-state index < -0.39 is 16.4 Å². The van der Waals surface area contributed by atoms with E-state index in [2.05, 4.69) is 4.18 Å². The summed E-state index contributed by atoms with van der Waals surface area (Å²) < 4.78 is 32.0. The van der Waals surface area contributed by atoms with E-state index in [4.69, 9.17) is 9.90 Å². The number of carbonyl (C=O) groups is 1. The molecule has 0 aromatic heterocycles. The molecule has 0 amide bonds. The SMILES string of the molecule is CC(=O)O.CCOS(=O)(=O)[O-].[Na+]. The van der Waals surface area contributed by atoms with Crippen LogP contribution in [-0.2, 0) is 19.4 Å². The normalized spacial score (nSPS) is 8.92. The zero-order chi connectivity index (χ0) is 9.49. The Labute approximate surface area is 93.2 Å². The van der Waals surface area contributed by atoms with Crippen molar-refractivity contribution in [1.29, 1.82) is 0 Å². The van der Waals surface area contributed by atoms with E-state index in [1.807, 2.05) is 0 Å². The van der Waals surface area contributed by atoms with Crippen LogP contribution in [0.1, 0.15) is 13.8 Å². The van der Waals surface area contributed by atoms with Crippen molar-refractivity contribution in [1.82, 2.24) is 0 Å². The molecule has 0 aliphatic rings. The van der Waals surface area contributed by atoms with Crippen LogP contribution in [-0.4, -0.2) is 30.7 Å². The van der Waals surface area contributed by atoms with E-state index in [1.54, 1.807) is 0 Å². The van der Waals surface area contributed by atoms with E-state index in [9.17, 15) is 13.0 Å². The average molecular weight is 208 g/mol. The molecule has 0 heterocycles. The number of carboxylic acid groups (broad SMARTS) is 1. The minimum absolute atomic E-state index is 0. The maximum atomic E-state index is 9.45. The second kappa shape index (κ2) is 9.43. The van der Waals surface area contributed by atoms with Crippen LogP contribution in [0.3, 0.4) is 0 Å². The van der Waals surface area contributed by atoms with E-state index in [-0.39, 0.29) is 36.2 Å². The number of hydrogen-bond donors (Lipinski definition) is 1. The van der Waals surface area contributed by atoms with Crippen LogP contribution in [0.5, 0.6) is 0 Å². The molecule has 0 aliphatic heterocycles. The van der Waals surface area contributed by atoms with Gasteiger partial charge in [-0.05, 0) is 6.92 Å². The molecule has 0 saturated heterocycles. The Morgan fingerprint density at radius 2 is 1.83 bits per heavy atom. The zero-order valence-electron chi connectivity index (χ0n) is 7.10. The smallest absolute Gasteiger partial charge is 0.726 e. The van der Waals surface area contributed by atoms with Gasteiger partial charge in [-0.25, -0.2) is 8.42 Å². The summed E-state index contributed by atoms with van der Waals surface area (Å²) in [6.07, 6.45) is 0. The first-order valence-corrected chi connectivity index (χ1v) is 3.92. The van der Waals surface area contributed by atoms with E-state index >= 15 is 0 Å². The maximum absolute atomic E-state index is 9.45. The minimum atomic E-state index is -4.42. The molecule has 68 valence electrons. The van der Waals surface area contributed by atoms with Crippen molar-refractivity contribution in [2.24, 2.45) is 0 Å². The zero-order valence-corrected chi connectivity index (χ0v) is 9.92. The van der Waals surface area contributed by atoms with Gasteiger partial charge in [0.05, 0.1) is 6.61 Å². The van der Waals surface area contributed by atoms with E-state index in [1.165, 1.54) is 6.92 Å². The van der Waals surface area contributed by atoms with Crippen molar-refractivity contribution in [3.05, 3.63) is 0 Å². The van der Waals surface area contributed by atoms with Crippen LogP contribution in [0.4, 0.5) is 0 Å². The topological polar surface area (TPSA) is 104 Å². The third-order valence-electron chi connectivity index (χ3n) is 0.262. The molecule has 1 N–H and O–H groups in total. The molecule has 0 aromatic carbocycles. The Balaban J connectivity index is -0.000000142. The second-order valence-corrected chi connectivity index (χ2v) is 2.39. The van der Waals surface area contributed by atoms with Gasteiger partial charge in [0.2, 0.25) is 10.4 Å². The summed E-state index contributed by atoms with van der Waals surface area (Å²) in [5, 5.41) is 7.42. The molecule has 12 heavy (non-hydrogen) atoms. The van der Waals surface area contributed by atoms with Gasteiger partial charge < -0.3 is 9.66 Å². The summed E-state index contributed by atoms with van der Waals surface area (Å²) in [6.45, 7) is 2.42. The molecule has 0 rings (SSSR count). The van der Waals surface area contributed by atoms with Crippen molar-refractivity contribution >= 4 is 16.4 Å². The molecular weight excluding hydrogens is 199 g/mol. The molecule has 0 spiro atoms. The van der Waals surface area contributed by atoms with Crippen molar-refractivity contribution in [3.63, 3.8) is 0 Å². The first kappa shape index (κ1) is 18.2. The Kier molecular flexibility index (Phi) is 14.3. The number of hydrogen-bond acceptors (Lipinski definition) is 5. The van der Waals surface area contributed by atoms with Gasteiger partial charge >= 0.3 is 29.6 Å². The van der Waals surface area contributed by atoms with Gasteiger partial charge in [0.15, 0.2) is 0 Å². The van der Waals surface area contributed by atoms with Gasteiger partial charge in [0.25, 0.3) is 5.97 Å². The van der Waals surface area contributed by atoms with Crippen LogP contribution >= 0.6 is 0 Å². The molecule has 0 atom stereocenters. The van der Waals surface area contributed by atoms with Crippen LogP contribution in [0.2, 0.25) is 0 Å². The average Bonchev–Trinajstić information content (AvgIpc) is 1.58. The Morgan fingerprint density at radius 3 is 1.83 bits per heavy atom. The molecule has 0 fully saturated rings. The molecule has 6 nitrogen and oxygen atoms in total. The van der Waals surface area contributed by atoms with Gasteiger partial charge in [-0.15, -0.1) is 0 Å². The fourth-order valence-electron chi connectivity index (χ4n) is 0.144. The van der Waals surface area contributed by atoms with Crippen LogP contribution in [0.25, 0.3) is 0 Å². The first-order chi connectivity index (χ1) is 4.79. The summed E-state index contributed by atoms with van der Waals surface area (Å²) in [7, 11) is -4.42. The molecule has 8 heteroatoms.